The van der Waals surface area contributed by atoms with Crippen molar-refractivity contribution in [3.63, 3.8) is 0 Å². The van der Waals surface area contributed by atoms with Crippen LogP contribution in [0.3, 0.4) is 0 Å². The maximum absolute atomic E-state index is 8.37. The van der Waals surface area contributed by atoms with Crippen molar-refractivity contribution in [3.8, 4) is 17.1 Å². The van der Waals surface area contributed by atoms with Gasteiger partial charge in [0.1, 0.15) is 11.2 Å². The summed E-state index contributed by atoms with van der Waals surface area (Å²) in [6, 6.07) is 19.9. The summed E-state index contributed by atoms with van der Waals surface area (Å²) in [6.45, 7) is -1.67. The van der Waals surface area contributed by atoms with Gasteiger partial charge in [0, 0.05) is 6.20 Å². The van der Waals surface area contributed by atoms with Crippen LogP contribution >= 0.6 is 0 Å². The third-order valence-electron chi connectivity index (χ3n) is 5.27. The predicted molar refractivity (Wildman–Crippen MR) is 102 cm³/mol. The molecule has 0 unspecified atom stereocenters. The molecular formula is C22H17N4+. The second-order valence-electron chi connectivity index (χ2n) is 6.64. The van der Waals surface area contributed by atoms with E-state index in [1.165, 1.54) is 4.57 Å². The van der Waals surface area contributed by atoms with Gasteiger partial charge in [0.15, 0.2) is 5.52 Å². The van der Waals surface area contributed by atoms with Crippen molar-refractivity contribution in [2.75, 3.05) is 0 Å². The second-order valence-corrected chi connectivity index (χ2v) is 6.64. The lowest BCUT2D eigenvalue weighted by Gasteiger charge is -2.03. The Bertz CT molecular complexity index is 1410. The van der Waals surface area contributed by atoms with Gasteiger partial charge in [-0.05, 0) is 29.8 Å². The molecule has 4 nitrogen and oxygen atoms in total. The van der Waals surface area contributed by atoms with Gasteiger partial charge < -0.3 is 0 Å². The summed E-state index contributed by atoms with van der Waals surface area (Å²) in [7, 11) is 0. The van der Waals surface area contributed by atoms with E-state index in [0.29, 0.717) is 12.2 Å². The lowest BCUT2D eigenvalue weighted by Crippen LogP contribution is -2.31. The average Bonchev–Trinajstić information content (AvgIpc) is 3.34. The van der Waals surface area contributed by atoms with E-state index in [-0.39, 0.29) is 0 Å². The van der Waals surface area contributed by atoms with E-state index in [9.17, 15) is 0 Å². The average molecular weight is 340 g/mol. The number of hydrogen-bond donors (Lipinski definition) is 0. The third kappa shape index (κ3) is 1.59. The summed E-state index contributed by atoms with van der Waals surface area (Å²) in [5, 5.41) is 0.996. The molecule has 0 bridgehead atoms. The van der Waals surface area contributed by atoms with E-state index in [2.05, 4.69) is 15.6 Å². The van der Waals surface area contributed by atoms with Crippen molar-refractivity contribution in [1.29, 1.82) is 0 Å². The van der Waals surface area contributed by atoms with E-state index >= 15 is 0 Å². The summed E-state index contributed by atoms with van der Waals surface area (Å²) in [5.41, 5.74) is 5.51. The molecule has 0 N–H and O–H groups in total. The SMILES string of the molecule is [2H]C([2H])([2H])[n+]1c2n(c3c4ccncc4n(-c4ccccc4)c31)Cc1ccccc1-2. The molecule has 0 atom stereocenters. The highest BCUT2D eigenvalue weighted by molar-refractivity contribution is 6.06. The highest BCUT2D eigenvalue weighted by Crippen LogP contribution is 2.38. The maximum Gasteiger partial charge on any atom is 0.274 e. The van der Waals surface area contributed by atoms with Crippen LogP contribution in [0.1, 0.15) is 9.68 Å². The molecule has 0 saturated carbocycles. The minimum Gasteiger partial charge on any atom is -0.261 e. The Morgan fingerprint density at radius 2 is 1.88 bits per heavy atom. The van der Waals surface area contributed by atoms with Gasteiger partial charge in [0.05, 0.1) is 34.8 Å². The van der Waals surface area contributed by atoms with E-state index < -0.39 is 6.98 Å². The molecule has 5 aromatic rings. The number of fused-ring (bicyclic) bond motifs is 7. The Morgan fingerprint density at radius 1 is 1.04 bits per heavy atom. The fourth-order valence-corrected chi connectivity index (χ4v) is 4.21. The van der Waals surface area contributed by atoms with Crippen LogP contribution < -0.4 is 4.57 Å². The lowest BCUT2D eigenvalue weighted by molar-refractivity contribution is -0.636. The first-order valence-corrected chi connectivity index (χ1v) is 8.62. The topological polar surface area (TPSA) is 26.6 Å². The van der Waals surface area contributed by atoms with Gasteiger partial charge in [-0.2, -0.15) is 0 Å². The molecule has 4 heteroatoms. The molecule has 0 amide bonds. The predicted octanol–water partition coefficient (Wildman–Crippen LogP) is 3.83. The molecule has 4 heterocycles. The molecule has 6 rings (SSSR count). The second kappa shape index (κ2) is 4.82. The minimum atomic E-state index is -2.33. The largest absolute Gasteiger partial charge is 0.274 e. The van der Waals surface area contributed by atoms with Crippen molar-refractivity contribution in [1.82, 2.24) is 14.1 Å². The molecule has 1 aliphatic rings. The molecule has 0 spiro atoms. The lowest BCUT2D eigenvalue weighted by atomic mass is 10.1. The van der Waals surface area contributed by atoms with Gasteiger partial charge in [0.25, 0.3) is 5.65 Å². The number of pyridine rings is 1. The van der Waals surface area contributed by atoms with Crippen LogP contribution in [0.25, 0.3) is 39.1 Å². The molecule has 0 fully saturated rings. The molecule has 124 valence electrons. The fourth-order valence-electron chi connectivity index (χ4n) is 4.21. The Morgan fingerprint density at radius 3 is 2.77 bits per heavy atom. The number of rotatable bonds is 1. The zero-order valence-corrected chi connectivity index (χ0v) is 13.9. The third-order valence-corrected chi connectivity index (χ3v) is 5.27. The van der Waals surface area contributed by atoms with Crippen LogP contribution in [0.4, 0.5) is 0 Å². The van der Waals surface area contributed by atoms with Crippen molar-refractivity contribution >= 4 is 22.1 Å². The fraction of sp³-hybridized carbons (Fsp3) is 0.0909. The number of benzene rings is 2. The monoisotopic (exact) mass is 340 g/mol. The van der Waals surface area contributed by atoms with Crippen LogP contribution in [-0.4, -0.2) is 14.1 Å². The van der Waals surface area contributed by atoms with Crippen LogP contribution in [0, 0.1) is 0 Å². The van der Waals surface area contributed by atoms with Gasteiger partial charge in [-0.1, -0.05) is 36.4 Å². The first kappa shape index (κ1) is 11.3. The van der Waals surface area contributed by atoms with Crippen LogP contribution in [0.5, 0.6) is 0 Å². The number of aromatic nitrogens is 4. The summed E-state index contributed by atoms with van der Waals surface area (Å²) in [5.74, 6) is 0.731. The number of nitrogens with zero attached hydrogens (tertiary/aromatic N) is 4. The molecule has 2 aromatic carbocycles. The van der Waals surface area contributed by atoms with Gasteiger partial charge in [-0.3, -0.25) is 4.98 Å². The Kier molecular flexibility index (Phi) is 2.09. The Balaban J connectivity index is 1.88. The van der Waals surface area contributed by atoms with E-state index in [1.54, 1.807) is 12.4 Å². The standard InChI is InChI=1S/C22H17N4/c1-24-21-17-10-6-5-7-15(17)14-25(21)20-18-11-12-23-13-19(18)26(22(20)24)16-8-3-2-4-9-16/h2-13H,14H2,1H3/q+1/i1D3. The number of hydrogen-bond acceptors (Lipinski definition) is 1. The maximum atomic E-state index is 8.37. The Hall–Kier alpha value is -3.40. The van der Waals surface area contributed by atoms with Gasteiger partial charge in [-0.15, -0.1) is 0 Å². The zero-order chi connectivity index (χ0) is 19.8. The van der Waals surface area contributed by atoms with Crippen molar-refractivity contribution < 1.29 is 8.68 Å². The van der Waals surface area contributed by atoms with Gasteiger partial charge in [0.2, 0.25) is 5.82 Å². The number of imidazole rings is 1. The quantitative estimate of drug-likeness (QED) is 0.418. The molecular weight excluding hydrogens is 320 g/mol. The number of aryl methyl sites for hydroxylation is 1. The summed E-state index contributed by atoms with van der Waals surface area (Å²) in [6.07, 6.45) is 3.57. The summed E-state index contributed by atoms with van der Waals surface area (Å²) >= 11 is 0. The van der Waals surface area contributed by atoms with Gasteiger partial charge >= 0.3 is 0 Å². The van der Waals surface area contributed by atoms with Gasteiger partial charge in [-0.25, -0.2) is 13.7 Å². The zero-order valence-electron chi connectivity index (χ0n) is 16.9. The van der Waals surface area contributed by atoms with Crippen LogP contribution in [0.15, 0.2) is 73.1 Å². The highest BCUT2D eigenvalue weighted by Gasteiger charge is 2.35. The van der Waals surface area contributed by atoms with E-state index in [0.717, 1.165) is 39.1 Å². The smallest absolute Gasteiger partial charge is 0.261 e. The number of para-hydroxylation sites is 1. The molecule has 0 aliphatic carbocycles. The van der Waals surface area contributed by atoms with Crippen molar-refractivity contribution in [3.05, 3.63) is 78.6 Å². The molecule has 3 aromatic heterocycles. The van der Waals surface area contributed by atoms with Crippen LogP contribution in [-0.2, 0) is 13.5 Å². The van der Waals surface area contributed by atoms with Crippen molar-refractivity contribution in [2.24, 2.45) is 6.98 Å². The van der Waals surface area contributed by atoms with E-state index in [4.69, 9.17) is 4.11 Å². The summed E-state index contributed by atoms with van der Waals surface area (Å²) < 4.78 is 30.8. The molecule has 1 aliphatic heterocycles. The highest BCUT2D eigenvalue weighted by atomic mass is 15.2. The Labute approximate surface area is 154 Å². The first-order valence-electron chi connectivity index (χ1n) is 10.1. The first-order chi connectivity index (χ1) is 14.1. The normalized spacial score (nSPS) is 14.8. The van der Waals surface area contributed by atoms with Crippen LogP contribution in [0.2, 0.25) is 0 Å². The summed E-state index contributed by atoms with van der Waals surface area (Å²) in [4.78, 5) is 4.32. The van der Waals surface area contributed by atoms with E-state index in [1.807, 2.05) is 59.2 Å². The molecule has 26 heavy (non-hydrogen) atoms. The minimum absolute atomic E-state index is 0.654. The molecule has 0 radical (unpaired) electrons. The van der Waals surface area contributed by atoms with Crippen molar-refractivity contribution in [2.45, 2.75) is 6.54 Å². The molecule has 0 saturated heterocycles.